The molecule has 0 aliphatic rings. The molecule has 20 heteroatoms. The Morgan fingerprint density at radius 3 is 0.206 bits per heavy atom. The standard InChI is InChI=1S/4C4H10O.8C4H11Si.8Li/c4*1-3-5-4-2;8*1-5(2,3)4;;;;;;;;/h4*3-4H2,1-2H3;8*1H2,2-4H3;;;;;;;;/q;;;;8*-1;8*+1. The van der Waals surface area contributed by atoms with Crippen LogP contribution in [0.1, 0.15) is 55.4 Å². The van der Waals surface area contributed by atoms with E-state index in [0.29, 0.717) is 0 Å². The first-order chi connectivity index (χ1) is 25.7. The predicted octanol–water partition coefficient (Wildman–Crippen LogP) is -6.21. The van der Waals surface area contributed by atoms with Crippen molar-refractivity contribution >= 4 is 64.6 Å². The first-order valence-electron chi connectivity index (χ1n) is 22.8. The summed E-state index contributed by atoms with van der Waals surface area (Å²) < 4.78 is 19.3. The molecule has 0 saturated carbocycles. The molecule has 384 valence electrons. The van der Waals surface area contributed by atoms with Crippen molar-refractivity contribution in [3.63, 3.8) is 0 Å². The van der Waals surface area contributed by atoms with Crippen molar-refractivity contribution in [2.75, 3.05) is 52.9 Å². The molecule has 0 amide bonds. The fourth-order valence-electron chi connectivity index (χ4n) is 0.816. The van der Waals surface area contributed by atoms with Crippen LogP contribution in [0.3, 0.4) is 0 Å². The van der Waals surface area contributed by atoms with Crippen LogP contribution < -0.4 is 151 Å². The Morgan fingerprint density at radius 1 is 0.176 bits per heavy atom. The maximum absolute atomic E-state index is 4.83. The molecule has 0 radical (unpaired) electrons. The molecule has 0 unspecified atom stereocenters. The molecule has 0 rings (SSSR count). The molecule has 0 aliphatic heterocycles. The third-order valence-corrected chi connectivity index (χ3v) is 1.63. The van der Waals surface area contributed by atoms with Crippen LogP contribution in [0.5, 0.6) is 0 Å². The average molecular weight is 1050 g/mol. The fraction of sp³-hybridized carbons (Fsp3) is 0.833. The normalized spacial score (nSPS) is 9.53. The van der Waals surface area contributed by atoms with Gasteiger partial charge in [0.1, 0.15) is 0 Å². The number of hydrogen-bond donors (Lipinski definition) is 0. The van der Waals surface area contributed by atoms with Crippen LogP contribution >= 0.6 is 0 Å². The molecule has 0 N–H and O–H groups in total. The number of rotatable bonds is 8. The van der Waals surface area contributed by atoms with Gasteiger partial charge < -0.3 is 71.3 Å². The zero-order valence-corrected chi connectivity index (χ0v) is 64.9. The van der Waals surface area contributed by atoms with Gasteiger partial charge in [-0.25, -0.2) is 0 Å². The molecule has 0 aromatic heterocycles. The third kappa shape index (κ3) is 1790. The first kappa shape index (κ1) is 135. The van der Waals surface area contributed by atoms with Crippen LogP contribution in [-0.2, 0) is 18.9 Å². The Kier molecular flexibility index (Phi) is 174. The van der Waals surface area contributed by atoms with E-state index in [-0.39, 0.29) is 151 Å². The van der Waals surface area contributed by atoms with E-state index in [1.165, 1.54) is 0 Å². The third-order valence-electron chi connectivity index (χ3n) is 1.63. The van der Waals surface area contributed by atoms with E-state index in [9.17, 15) is 0 Å². The van der Waals surface area contributed by atoms with Gasteiger partial charge in [-0.15, -0.1) is 64.6 Å². The summed E-state index contributed by atoms with van der Waals surface area (Å²) in [6, 6.07) is 0. The van der Waals surface area contributed by atoms with Crippen molar-refractivity contribution in [3.05, 3.63) is 52.4 Å². The van der Waals surface area contributed by atoms with E-state index in [4.69, 9.17) is 18.9 Å². The molecule has 0 saturated heterocycles. The molecule has 4 nitrogen and oxygen atoms in total. The molecule has 0 heterocycles. The molecule has 68 heavy (non-hydrogen) atoms. The Morgan fingerprint density at radius 2 is 0.206 bits per heavy atom. The summed E-state index contributed by atoms with van der Waals surface area (Å²) in [5.41, 5.74) is 0. The van der Waals surface area contributed by atoms with Crippen LogP contribution in [0, 0.1) is 52.4 Å². The molecular formula is C48H128Li8O4Si8. The Hall–Kier alpha value is 6.35. The van der Waals surface area contributed by atoms with E-state index >= 15 is 0 Å². The Bertz CT molecular complexity index is 499. The van der Waals surface area contributed by atoms with Gasteiger partial charge in [-0.1, -0.05) is 157 Å². The second-order valence-electron chi connectivity index (χ2n) is 23.6. The van der Waals surface area contributed by atoms with Crippen LogP contribution in [0.15, 0.2) is 0 Å². The molecule has 0 spiro atoms. The van der Waals surface area contributed by atoms with Crippen LogP contribution in [0.25, 0.3) is 0 Å². The van der Waals surface area contributed by atoms with Gasteiger partial charge in [0.05, 0.1) is 0 Å². The van der Waals surface area contributed by atoms with Gasteiger partial charge in [0.2, 0.25) is 0 Å². The van der Waals surface area contributed by atoms with Crippen molar-refractivity contribution in [3.8, 4) is 0 Å². The second-order valence-corrected chi connectivity index (χ2v) is 64.6. The van der Waals surface area contributed by atoms with E-state index < -0.39 is 64.6 Å². The SMILES string of the molecule is CCOCC.CCOCC.CCOCC.CCOCC.[CH2-][Si](C)(C)C.[CH2-][Si](C)(C)C.[CH2-][Si](C)(C)C.[CH2-][Si](C)(C)C.[CH2-][Si](C)(C)C.[CH2-][Si](C)(C)C.[CH2-][Si](C)(C)C.[CH2-][Si](C)(C)C.[Li+].[Li+].[Li+].[Li+].[Li+].[Li+].[Li+].[Li+]. The van der Waals surface area contributed by atoms with Crippen molar-refractivity contribution in [2.24, 2.45) is 0 Å². The molecule has 0 aromatic carbocycles. The van der Waals surface area contributed by atoms with Gasteiger partial charge in [-0.2, -0.15) is 0 Å². The number of hydrogen-bond acceptors (Lipinski definition) is 4. The Balaban J connectivity index is -0.0000000203. The van der Waals surface area contributed by atoms with E-state index in [1.54, 1.807) is 0 Å². The van der Waals surface area contributed by atoms with Gasteiger partial charge in [-0.3, -0.25) is 0 Å². The molecule has 0 aromatic rings. The maximum atomic E-state index is 4.83. The largest absolute Gasteiger partial charge is 1.00 e. The molecule has 0 atom stereocenters. The topological polar surface area (TPSA) is 36.9 Å². The van der Waals surface area contributed by atoms with Gasteiger partial charge in [-0.05, 0) is 55.4 Å². The minimum atomic E-state index is -0.861. The van der Waals surface area contributed by atoms with Crippen molar-refractivity contribution in [2.45, 2.75) is 213 Å². The molecule has 0 bridgehead atoms. The smallest absolute Gasteiger partial charge is 0.382 e. The second kappa shape index (κ2) is 87.2. The number of ether oxygens (including phenoxy) is 4. The van der Waals surface area contributed by atoms with E-state index in [1.807, 2.05) is 55.4 Å². The predicted molar refractivity (Wildman–Crippen MR) is 318 cm³/mol. The van der Waals surface area contributed by atoms with Crippen LogP contribution in [-0.4, -0.2) is 117 Å². The average Bonchev–Trinajstić information content (AvgIpc) is 2.84. The first-order valence-corrected chi connectivity index (χ1v) is 52.5. The molecular weight excluding hydrogens is 921 g/mol. The van der Waals surface area contributed by atoms with Crippen molar-refractivity contribution in [1.29, 1.82) is 0 Å². The van der Waals surface area contributed by atoms with Crippen LogP contribution in [0.2, 0.25) is 157 Å². The monoisotopic (exact) mass is 1050 g/mol. The van der Waals surface area contributed by atoms with Crippen molar-refractivity contribution < 1.29 is 170 Å². The zero-order valence-electron chi connectivity index (χ0n) is 56.9. The molecule has 0 aliphatic carbocycles. The van der Waals surface area contributed by atoms with E-state index in [0.717, 1.165) is 52.9 Å². The summed E-state index contributed by atoms with van der Waals surface area (Å²) >= 11 is 0. The summed E-state index contributed by atoms with van der Waals surface area (Å²) in [7, 11) is -6.89. The summed E-state index contributed by atoms with van der Waals surface area (Å²) in [6.07, 6.45) is 0. The maximum Gasteiger partial charge on any atom is 1.00 e. The summed E-state index contributed by atoms with van der Waals surface area (Å²) in [5, 5.41) is 0. The van der Waals surface area contributed by atoms with Gasteiger partial charge in [0.15, 0.2) is 0 Å². The van der Waals surface area contributed by atoms with Gasteiger partial charge in [0, 0.05) is 52.9 Å². The minimum absolute atomic E-state index is 0. The van der Waals surface area contributed by atoms with Crippen molar-refractivity contribution in [1.82, 2.24) is 0 Å². The molecule has 0 fully saturated rings. The van der Waals surface area contributed by atoms with Gasteiger partial charge >= 0.3 is 151 Å². The van der Waals surface area contributed by atoms with Crippen LogP contribution in [0.4, 0.5) is 0 Å². The Labute approximate surface area is 545 Å². The zero-order chi connectivity index (χ0) is 52.5. The minimum Gasteiger partial charge on any atom is -0.382 e. The summed E-state index contributed by atoms with van der Waals surface area (Å²) in [6.45, 7) is 107. The van der Waals surface area contributed by atoms with Gasteiger partial charge in [0.25, 0.3) is 0 Å². The quantitative estimate of drug-likeness (QED) is 0.180. The van der Waals surface area contributed by atoms with E-state index in [2.05, 4.69) is 210 Å². The summed E-state index contributed by atoms with van der Waals surface area (Å²) in [5.74, 6) is 0. The fourth-order valence-corrected chi connectivity index (χ4v) is 0.816. The summed E-state index contributed by atoms with van der Waals surface area (Å²) in [4.78, 5) is 0.